The molecule has 0 aromatic heterocycles. The van der Waals surface area contributed by atoms with E-state index in [4.69, 9.17) is 0 Å². The Morgan fingerprint density at radius 3 is 2.60 bits per heavy atom. The standard InChI is InChI=1S/C30H38BrN3O/c31-25-11-12-26-24(15-25)17-32-19-30(26)20-33-18-27(30)29(35)34-14-13-23(21-7-3-1-4-8-21)16-28(34)22-9-5-2-6-10-22/h1,3-4,7-8,11-12,15,22-23,27-28,32-33H,2,5-6,9-10,13-14,16-20H2/t23-,27?,28+,30+/m1/s1. The Hall–Kier alpha value is -1.69. The van der Waals surface area contributed by atoms with Crippen LogP contribution in [-0.4, -0.2) is 43.0 Å². The van der Waals surface area contributed by atoms with Gasteiger partial charge in [0, 0.05) is 48.7 Å². The SMILES string of the molecule is O=C(C1CNC[C@]12CNCc1cc(Br)ccc12)N1CC[C@@H](c2ccccc2)C[C@H]1C1CCCCC1. The van der Waals surface area contributed by atoms with Crippen molar-refractivity contribution < 1.29 is 4.79 Å². The van der Waals surface area contributed by atoms with Gasteiger partial charge in [0.05, 0.1) is 5.92 Å². The number of hydrogen-bond acceptors (Lipinski definition) is 3. The van der Waals surface area contributed by atoms with E-state index in [0.29, 0.717) is 23.8 Å². The van der Waals surface area contributed by atoms with Crippen molar-refractivity contribution in [3.8, 4) is 0 Å². The van der Waals surface area contributed by atoms with Crippen LogP contribution in [0, 0.1) is 11.8 Å². The molecule has 6 rings (SSSR count). The van der Waals surface area contributed by atoms with Gasteiger partial charge in [-0.2, -0.15) is 0 Å². The highest BCUT2D eigenvalue weighted by molar-refractivity contribution is 9.10. The molecule has 2 aromatic carbocycles. The summed E-state index contributed by atoms with van der Waals surface area (Å²) >= 11 is 3.65. The predicted molar refractivity (Wildman–Crippen MR) is 144 cm³/mol. The highest BCUT2D eigenvalue weighted by Gasteiger charge is 2.52. The van der Waals surface area contributed by atoms with Crippen LogP contribution in [0.1, 0.15) is 67.6 Å². The molecule has 2 saturated heterocycles. The Morgan fingerprint density at radius 2 is 1.77 bits per heavy atom. The lowest BCUT2D eigenvalue weighted by Crippen LogP contribution is -2.57. The highest BCUT2D eigenvalue weighted by Crippen LogP contribution is 2.44. The van der Waals surface area contributed by atoms with E-state index >= 15 is 0 Å². The van der Waals surface area contributed by atoms with Crippen molar-refractivity contribution >= 4 is 21.8 Å². The first-order valence-corrected chi connectivity index (χ1v) is 14.5. The minimum Gasteiger partial charge on any atom is -0.339 e. The molecule has 1 saturated carbocycles. The van der Waals surface area contributed by atoms with Crippen molar-refractivity contribution in [2.45, 2.75) is 68.9 Å². The van der Waals surface area contributed by atoms with Gasteiger partial charge in [-0.1, -0.05) is 71.6 Å². The average molecular weight is 537 g/mol. The summed E-state index contributed by atoms with van der Waals surface area (Å²) in [5.74, 6) is 1.61. The molecule has 1 aliphatic carbocycles. The fraction of sp³-hybridized carbons (Fsp3) is 0.567. The largest absolute Gasteiger partial charge is 0.339 e. The number of nitrogens with zero attached hydrogens (tertiary/aromatic N) is 1. The molecule has 35 heavy (non-hydrogen) atoms. The molecule has 0 radical (unpaired) electrons. The number of carbonyl (C=O) groups is 1. The van der Waals surface area contributed by atoms with Crippen LogP contribution in [0.15, 0.2) is 53.0 Å². The lowest BCUT2D eigenvalue weighted by Gasteiger charge is -2.48. The fourth-order valence-electron chi connectivity index (χ4n) is 7.73. The first-order chi connectivity index (χ1) is 17.2. The maximum absolute atomic E-state index is 14.5. The summed E-state index contributed by atoms with van der Waals surface area (Å²) in [6.07, 6.45) is 8.75. The molecule has 186 valence electrons. The van der Waals surface area contributed by atoms with E-state index in [1.807, 2.05) is 0 Å². The van der Waals surface area contributed by atoms with Crippen molar-refractivity contribution in [3.05, 3.63) is 69.7 Å². The molecule has 2 N–H and O–H groups in total. The summed E-state index contributed by atoms with van der Waals surface area (Å²) in [7, 11) is 0. The van der Waals surface area contributed by atoms with Gasteiger partial charge in [-0.3, -0.25) is 4.79 Å². The molecule has 3 fully saturated rings. The Morgan fingerprint density at radius 1 is 0.971 bits per heavy atom. The van der Waals surface area contributed by atoms with E-state index in [1.54, 1.807) is 0 Å². The minimum absolute atomic E-state index is 0.00501. The fourth-order valence-corrected chi connectivity index (χ4v) is 8.13. The third kappa shape index (κ3) is 4.38. The van der Waals surface area contributed by atoms with Crippen LogP contribution < -0.4 is 10.6 Å². The molecule has 3 aliphatic heterocycles. The summed E-state index contributed by atoms with van der Waals surface area (Å²) in [5.41, 5.74) is 4.00. The summed E-state index contributed by atoms with van der Waals surface area (Å²) < 4.78 is 1.12. The maximum Gasteiger partial charge on any atom is 0.228 e. The first-order valence-electron chi connectivity index (χ1n) is 13.7. The smallest absolute Gasteiger partial charge is 0.228 e. The van der Waals surface area contributed by atoms with E-state index < -0.39 is 0 Å². The number of hydrogen-bond donors (Lipinski definition) is 2. The molecule has 3 heterocycles. The van der Waals surface area contributed by atoms with E-state index in [2.05, 4.69) is 80.0 Å². The summed E-state index contributed by atoms with van der Waals surface area (Å²) in [6.45, 7) is 4.31. The molecule has 0 bridgehead atoms. The second-order valence-electron chi connectivity index (χ2n) is 11.4. The molecular formula is C30H38BrN3O. The van der Waals surface area contributed by atoms with Gasteiger partial charge in [-0.05, 0) is 66.3 Å². The second kappa shape index (κ2) is 9.99. The highest BCUT2D eigenvalue weighted by atomic mass is 79.9. The van der Waals surface area contributed by atoms with Crippen LogP contribution in [0.5, 0.6) is 0 Å². The van der Waals surface area contributed by atoms with Crippen LogP contribution in [0.3, 0.4) is 0 Å². The molecule has 1 unspecified atom stereocenters. The molecule has 4 atom stereocenters. The predicted octanol–water partition coefficient (Wildman–Crippen LogP) is 5.36. The Kier molecular flexibility index (Phi) is 6.76. The number of benzene rings is 2. The Bertz CT molecular complexity index is 1050. The zero-order valence-electron chi connectivity index (χ0n) is 20.6. The molecular weight excluding hydrogens is 498 g/mol. The average Bonchev–Trinajstić information content (AvgIpc) is 3.32. The van der Waals surface area contributed by atoms with Crippen LogP contribution in [0.4, 0.5) is 0 Å². The number of rotatable bonds is 3. The number of halogens is 1. The van der Waals surface area contributed by atoms with Gasteiger partial charge in [0.2, 0.25) is 5.91 Å². The van der Waals surface area contributed by atoms with Gasteiger partial charge in [-0.25, -0.2) is 0 Å². The van der Waals surface area contributed by atoms with E-state index in [1.165, 1.54) is 48.8 Å². The van der Waals surface area contributed by atoms with Crippen molar-refractivity contribution in [1.82, 2.24) is 15.5 Å². The van der Waals surface area contributed by atoms with E-state index in [0.717, 1.165) is 50.0 Å². The quantitative estimate of drug-likeness (QED) is 0.555. The third-order valence-electron chi connectivity index (χ3n) is 9.51. The van der Waals surface area contributed by atoms with Gasteiger partial charge in [0.25, 0.3) is 0 Å². The lowest BCUT2D eigenvalue weighted by molar-refractivity contribution is -0.142. The number of piperidine rings is 1. The lowest BCUT2D eigenvalue weighted by atomic mass is 9.68. The van der Waals surface area contributed by atoms with Crippen LogP contribution in [0.2, 0.25) is 0 Å². The topological polar surface area (TPSA) is 44.4 Å². The molecule has 4 aliphatic rings. The van der Waals surface area contributed by atoms with Gasteiger partial charge < -0.3 is 15.5 Å². The number of carbonyl (C=O) groups excluding carboxylic acids is 1. The zero-order chi connectivity index (χ0) is 23.8. The van der Waals surface area contributed by atoms with Gasteiger partial charge in [0.15, 0.2) is 0 Å². The van der Waals surface area contributed by atoms with Crippen molar-refractivity contribution in [1.29, 1.82) is 0 Å². The van der Waals surface area contributed by atoms with E-state index in [-0.39, 0.29) is 11.3 Å². The van der Waals surface area contributed by atoms with E-state index in [9.17, 15) is 4.79 Å². The summed E-state index contributed by atoms with van der Waals surface area (Å²) in [6, 6.07) is 18.1. The maximum atomic E-state index is 14.5. The van der Waals surface area contributed by atoms with Crippen molar-refractivity contribution in [2.24, 2.45) is 11.8 Å². The summed E-state index contributed by atoms with van der Waals surface area (Å²) in [4.78, 5) is 16.9. The van der Waals surface area contributed by atoms with Crippen LogP contribution in [-0.2, 0) is 16.8 Å². The third-order valence-corrected chi connectivity index (χ3v) is 10.00. The number of likely N-dealkylation sites (tertiary alicyclic amines) is 1. The van der Waals surface area contributed by atoms with Crippen molar-refractivity contribution in [3.63, 3.8) is 0 Å². The van der Waals surface area contributed by atoms with Crippen molar-refractivity contribution in [2.75, 3.05) is 26.2 Å². The molecule has 5 heteroatoms. The second-order valence-corrected chi connectivity index (χ2v) is 12.3. The van der Waals surface area contributed by atoms with Crippen LogP contribution >= 0.6 is 15.9 Å². The Balaban J connectivity index is 1.30. The summed E-state index contributed by atoms with van der Waals surface area (Å²) in [5, 5.41) is 7.30. The molecule has 1 spiro atoms. The van der Waals surface area contributed by atoms with Gasteiger partial charge in [0.1, 0.15) is 0 Å². The number of nitrogens with one attached hydrogen (secondary N) is 2. The van der Waals surface area contributed by atoms with Gasteiger partial charge >= 0.3 is 0 Å². The minimum atomic E-state index is -0.154. The number of amides is 1. The molecule has 4 nitrogen and oxygen atoms in total. The number of fused-ring (bicyclic) bond motifs is 2. The Labute approximate surface area is 218 Å². The zero-order valence-corrected chi connectivity index (χ0v) is 22.2. The molecule has 1 amide bonds. The normalized spacial score (nSPS) is 31.5. The molecule has 2 aromatic rings. The monoisotopic (exact) mass is 535 g/mol. The first kappa shape index (κ1) is 23.7. The van der Waals surface area contributed by atoms with Gasteiger partial charge in [-0.15, -0.1) is 0 Å². The van der Waals surface area contributed by atoms with Crippen LogP contribution in [0.25, 0.3) is 0 Å².